The zero-order valence-electron chi connectivity index (χ0n) is 5.59. The maximum absolute atomic E-state index is 8.06. The first-order valence-electron chi connectivity index (χ1n) is 0.154. The van der Waals surface area contributed by atoms with E-state index >= 15 is 0 Å². The Labute approximate surface area is 82.3 Å². The summed E-state index contributed by atoms with van der Waals surface area (Å²) in [6.45, 7) is 0. The average Bonchev–Trinajstić information content (AvgIpc) is 1.00. The Bertz CT molecular complexity index is 18.0. The van der Waals surface area contributed by atoms with E-state index < -0.39 is 0 Å². The summed E-state index contributed by atoms with van der Waals surface area (Å²) in [5.74, 6) is 0. The standard InChI is InChI=1S/Cu.2Li.Mn.H2O.O.2H/h;;;;1H2;;;/q;2*+1;;;;2*-1. The molecule has 0 aromatic heterocycles. The van der Waals surface area contributed by atoms with Crippen molar-refractivity contribution in [1.82, 2.24) is 0 Å². The fraction of sp³-hybridized carbons (Fsp3) is 0. The van der Waals surface area contributed by atoms with Crippen LogP contribution in [0.25, 0.3) is 0 Å². The first kappa shape index (κ1) is 43.6. The van der Waals surface area contributed by atoms with Gasteiger partial charge in [-0.25, -0.2) is 0 Å². The second-order valence-electron chi connectivity index (χ2n) is 0. The molecule has 0 saturated carbocycles. The molecule has 0 saturated heterocycles. The van der Waals surface area contributed by atoms with Gasteiger partial charge in [0.2, 0.25) is 0 Å². The molecule has 0 aromatic carbocycles. The van der Waals surface area contributed by atoms with Crippen molar-refractivity contribution in [2.75, 3.05) is 0 Å². The Kier molecular flexibility index (Phi) is 460. The van der Waals surface area contributed by atoms with Crippen molar-refractivity contribution >= 4 is 0 Å². The molecular weight excluding hydrogens is 164 g/mol. The first-order chi connectivity index (χ1) is 1.00. The van der Waals surface area contributed by atoms with E-state index in [-0.39, 0.29) is 63.1 Å². The van der Waals surface area contributed by atoms with Crippen LogP contribution in [0.15, 0.2) is 0 Å². The first-order valence-corrected chi connectivity index (χ1v) is 0.636. The molecule has 0 unspecified atom stereocenters. The van der Waals surface area contributed by atoms with E-state index in [1.54, 1.807) is 15.9 Å². The van der Waals surface area contributed by atoms with Crippen molar-refractivity contribution in [2.45, 2.75) is 0 Å². The Morgan fingerprint density at radius 3 is 1.17 bits per heavy atom. The quantitative estimate of drug-likeness (QED) is 0.332. The van der Waals surface area contributed by atoms with Gasteiger partial charge < -0.3 is 8.33 Å². The van der Waals surface area contributed by atoms with Crippen LogP contribution in [0.1, 0.15) is 2.85 Å². The van der Waals surface area contributed by atoms with Crippen LogP contribution in [-0.4, -0.2) is 5.48 Å². The van der Waals surface area contributed by atoms with E-state index in [0.717, 1.165) is 0 Å². The zero-order chi connectivity index (χ0) is 2.00. The monoisotopic (exact) mass is 168 g/mol. The van der Waals surface area contributed by atoms with Crippen LogP contribution in [0.5, 0.6) is 0 Å². The van der Waals surface area contributed by atoms with E-state index in [9.17, 15) is 0 Å². The van der Waals surface area contributed by atoms with E-state index in [1.807, 2.05) is 0 Å². The molecule has 0 rings (SSSR count). The summed E-state index contributed by atoms with van der Waals surface area (Å²) >= 11 is 1.69. The normalized spacial score (nSPS) is 0.667. The summed E-state index contributed by atoms with van der Waals surface area (Å²) in [7, 11) is 0. The molecule has 6 heteroatoms. The number of rotatable bonds is 0. The van der Waals surface area contributed by atoms with Crippen molar-refractivity contribution < 1.29 is 82.9 Å². The number of hydrogen-bond donors (Lipinski definition) is 0. The molecule has 0 amide bonds. The summed E-state index contributed by atoms with van der Waals surface area (Å²) in [5, 5.41) is 0. The van der Waals surface area contributed by atoms with Crippen LogP contribution < -0.4 is 37.7 Å². The fourth-order valence-electron chi connectivity index (χ4n) is 0. The van der Waals surface area contributed by atoms with E-state index in [1.165, 1.54) is 0 Å². The van der Waals surface area contributed by atoms with Crippen LogP contribution >= 0.6 is 0 Å². The Morgan fingerprint density at radius 2 is 1.17 bits per heavy atom. The predicted octanol–water partition coefficient (Wildman–Crippen LogP) is -6.72. The van der Waals surface area contributed by atoms with Gasteiger partial charge in [0.05, 0.1) is 0 Å². The van der Waals surface area contributed by atoms with Crippen LogP contribution in [0.2, 0.25) is 0 Å². The zero-order valence-corrected chi connectivity index (χ0v) is 5.71. The fourth-order valence-corrected chi connectivity index (χ4v) is 0. The molecule has 36 valence electrons. The average molecular weight is 168 g/mol. The van der Waals surface area contributed by atoms with Crippen molar-refractivity contribution in [3.8, 4) is 0 Å². The molecule has 1 radical (unpaired) electrons. The Morgan fingerprint density at radius 1 is 1.17 bits per heavy atom. The Hall–Kier alpha value is 1.99. The van der Waals surface area contributed by atoms with Gasteiger partial charge in [0.15, 0.2) is 0 Å². The molecular formula is H4CuLi2MnO2. The third-order valence-corrected chi connectivity index (χ3v) is 0. The summed E-state index contributed by atoms with van der Waals surface area (Å²) in [6, 6.07) is 0. The summed E-state index contributed by atoms with van der Waals surface area (Å²) in [4.78, 5) is 0. The molecule has 0 fully saturated rings. The third kappa shape index (κ3) is 37.6. The van der Waals surface area contributed by atoms with E-state index in [2.05, 4.69) is 0 Å². The van der Waals surface area contributed by atoms with Gasteiger partial charge in [-0.3, -0.25) is 0 Å². The third-order valence-electron chi connectivity index (χ3n) is 0. The summed E-state index contributed by atoms with van der Waals surface area (Å²) in [6.07, 6.45) is 0. The molecule has 0 aliphatic rings. The maximum atomic E-state index is 8.06. The predicted molar refractivity (Wildman–Crippen MR) is 6.52 cm³/mol. The van der Waals surface area contributed by atoms with Gasteiger partial charge in [-0.1, -0.05) is 0 Å². The van der Waals surface area contributed by atoms with Gasteiger partial charge in [-0.05, 0) is 0 Å². The Balaban J connectivity index is -0.000000000333. The van der Waals surface area contributed by atoms with Gasteiger partial charge in [0.25, 0.3) is 0 Å². The second kappa shape index (κ2) is 63.2. The van der Waals surface area contributed by atoms with Crippen LogP contribution in [0.3, 0.4) is 0 Å². The van der Waals surface area contributed by atoms with Crippen LogP contribution in [0, 0.1) is 0 Å². The van der Waals surface area contributed by atoms with Gasteiger partial charge in [0.1, 0.15) is 0 Å². The summed E-state index contributed by atoms with van der Waals surface area (Å²) in [5.41, 5.74) is 0. The van der Waals surface area contributed by atoms with E-state index in [4.69, 9.17) is 3.83 Å². The van der Waals surface area contributed by atoms with Crippen molar-refractivity contribution in [3.05, 3.63) is 0 Å². The molecule has 0 spiro atoms. The molecule has 6 heavy (non-hydrogen) atoms. The van der Waals surface area contributed by atoms with Crippen LogP contribution in [-0.2, 0) is 36.8 Å². The molecule has 0 heterocycles. The van der Waals surface area contributed by atoms with Gasteiger partial charge in [0, 0.05) is 17.1 Å². The molecule has 0 aromatic rings. The van der Waals surface area contributed by atoms with Crippen molar-refractivity contribution in [3.63, 3.8) is 0 Å². The molecule has 2 nitrogen and oxygen atoms in total. The van der Waals surface area contributed by atoms with Gasteiger partial charge in [-0.2, -0.15) is 0 Å². The second-order valence-corrected chi connectivity index (χ2v) is 0. The molecule has 0 aliphatic heterocycles. The van der Waals surface area contributed by atoms with Gasteiger partial charge >= 0.3 is 57.5 Å². The minimum absolute atomic E-state index is 0. The molecule has 0 aliphatic carbocycles. The van der Waals surface area contributed by atoms with Gasteiger partial charge in [-0.15, -0.1) is 0 Å². The SMILES string of the molecule is O.[Cu].[H-].[H-].[Li+].[Li+].[O]=[Mn]. The van der Waals surface area contributed by atoms with Crippen molar-refractivity contribution in [2.24, 2.45) is 0 Å². The number of hydrogen-bond acceptors (Lipinski definition) is 1. The summed E-state index contributed by atoms with van der Waals surface area (Å²) < 4.78 is 8.06. The minimum atomic E-state index is 0. The molecule has 2 N–H and O–H groups in total. The topological polar surface area (TPSA) is 48.6 Å². The van der Waals surface area contributed by atoms with E-state index in [0.29, 0.717) is 0 Å². The molecule has 0 bridgehead atoms. The molecule has 0 atom stereocenters. The van der Waals surface area contributed by atoms with Crippen LogP contribution in [0.4, 0.5) is 0 Å². The van der Waals surface area contributed by atoms with Crippen molar-refractivity contribution in [1.29, 1.82) is 0 Å².